The number of β-amino-alcohol motifs (C(OH)–C–C–N with tert-alkyl or cyclic N) is 1. The van der Waals surface area contributed by atoms with E-state index in [1.807, 2.05) is 47.6 Å². The predicted molar refractivity (Wildman–Crippen MR) is 329 cm³/mol. The number of anilines is 2. The van der Waals surface area contributed by atoms with Crippen LogP contribution in [0.4, 0.5) is 15.8 Å². The van der Waals surface area contributed by atoms with E-state index in [9.17, 15) is 31.8 Å². The Bertz CT molecular complexity index is 3710. The van der Waals surface area contributed by atoms with Crippen LogP contribution in [0, 0.1) is 0 Å². The zero-order valence-corrected chi connectivity index (χ0v) is 50.8. The van der Waals surface area contributed by atoms with Gasteiger partial charge in [0.1, 0.15) is 5.67 Å². The summed E-state index contributed by atoms with van der Waals surface area (Å²) in [5.74, 6) is 0.918. The maximum atomic E-state index is 15.4. The number of aromatic amines is 4. The standard InChI is InChI=1S/C19H25N3O.C14H16ClFN2O2S.C14H17ClN2O3S.C13H15ClN2O/c1-13(23)22-9-8-21(12-19(22,2)3)18-11-15(14-4-5-14)10-17-16(18)6-7-20-17;1-21(19,20)18-6-3-14(16,4-7-18)12-8-10(15)9-13-11(12)2-5-17-13;1-21(19,20)17-6-3-14(18,4-7-17)12-8-10(15)9-13-11(12)2-5-16-13;14-9-6-12-11(3-4-15-12)13(7-9)16-5-1-2-10(17)8-16/h6-7,10-11,14,20H,4-5,8-9,12H2,1-3H3;2,5,8-9,17H,3-4,6-7H2,1H3;2,5,8-9,16,18H,3-4,6-7H2,1H3;3-4,6-7,10,15,17H,1-2,5,8H2. The Kier molecular flexibility index (Phi) is 17.2. The van der Waals surface area contributed by atoms with Crippen LogP contribution in [-0.4, -0.2) is 149 Å². The fraction of sp³-hybridized carbons (Fsp3) is 0.450. The minimum atomic E-state index is -3.26. The molecule has 0 radical (unpaired) electrons. The highest BCUT2D eigenvalue weighted by molar-refractivity contribution is 7.88. The van der Waals surface area contributed by atoms with E-state index in [1.54, 1.807) is 37.5 Å². The first kappa shape index (κ1) is 59.8. The summed E-state index contributed by atoms with van der Waals surface area (Å²) in [6.07, 6.45) is 15.2. The molecule has 440 valence electrons. The van der Waals surface area contributed by atoms with Crippen molar-refractivity contribution in [2.45, 2.75) is 101 Å². The molecule has 5 fully saturated rings. The first-order chi connectivity index (χ1) is 38.8. The fourth-order valence-corrected chi connectivity index (χ4v) is 14.8. The van der Waals surface area contributed by atoms with Crippen LogP contribution in [0.5, 0.6) is 0 Å². The van der Waals surface area contributed by atoms with Crippen LogP contribution in [0.15, 0.2) is 97.6 Å². The predicted octanol–water partition coefficient (Wildman–Crippen LogP) is 11.4. The van der Waals surface area contributed by atoms with E-state index in [-0.39, 0.29) is 43.5 Å². The Balaban J connectivity index is 0.000000123. The van der Waals surface area contributed by atoms with Gasteiger partial charge in [-0.15, -0.1) is 0 Å². The van der Waals surface area contributed by atoms with E-state index in [2.05, 4.69) is 67.8 Å². The lowest BCUT2D eigenvalue weighted by Gasteiger charge is -2.47. The van der Waals surface area contributed by atoms with Crippen molar-refractivity contribution in [3.05, 3.63) is 129 Å². The second-order valence-electron chi connectivity index (χ2n) is 23.4. The first-order valence-corrected chi connectivity index (χ1v) is 32.8. The van der Waals surface area contributed by atoms with Crippen LogP contribution in [0.2, 0.25) is 15.1 Å². The molecule has 1 amide bonds. The van der Waals surface area contributed by atoms with Gasteiger partial charge in [0.25, 0.3) is 0 Å². The Hall–Kier alpha value is -5.35. The number of H-pyrrole nitrogens is 4. The lowest BCUT2D eigenvalue weighted by Crippen LogP contribution is -2.60. The summed E-state index contributed by atoms with van der Waals surface area (Å²) in [4.78, 5) is 31.2. The van der Waals surface area contributed by atoms with Crippen molar-refractivity contribution in [3.63, 3.8) is 0 Å². The molecule has 4 aromatic carbocycles. The summed E-state index contributed by atoms with van der Waals surface area (Å²) < 4.78 is 64.3. The number of aliphatic hydroxyl groups is 2. The second-order valence-corrected chi connectivity index (χ2v) is 28.6. The van der Waals surface area contributed by atoms with E-state index < -0.39 is 31.3 Å². The number of carbonyl (C=O) groups is 1. The summed E-state index contributed by atoms with van der Waals surface area (Å²) in [5, 5.41) is 26.7. The zero-order valence-electron chi connectivity index (χ0n) is 46.9. The van der Waals surface area contributed by atoms with Gasteiger partial charge in [0.05, 0.1) is 29.8 Å². The fourth-order valence-electron chi connectivity index (χ4n) is 12.5. The Morgan fingerprint density at radius 1 is 0.598 bits per heavy atom. The topological polar surface area (TPSA) is 205 Å². The summed E-state index contributed by atoms with van der Waals surface area (Å²) in [5.41, 5.74) is 6.41. The molecule has 13 rings (SSSR count). The van der Waals surface area contributed by atoms with Gasteiger partial charge in [0.2, 0.25) is 26.0 Å². The smallest absolute Gasteiger partial charge is 0.220 e. The number of benzene rings is 4. The van der Waals surface area contributed by atoms with Crippen LogP contribution in [-0.2, 0) is 36.1 Å². The van der Waals surface area contributed by atoms with Crippen molar-refractivity contribution in [1.82, 2.24) is 33.4 Å². The van der Waals surface area contributed by atoms with E-state index in [0.717, 1.165) is 94.8 Å². The van der Waals surface area contributed by atoms with Gasteiger partial charge < -0.3 is 44.8 Å². The molecule has 0 bridgehead atoms. The monoisotopic (exact) mass is 1220 g/mol. The van der Waals surface area contributed by atoms with E-state index in [1.165, 1.54) is 55.2 Å². The molecular weight excluding hydrogens is 1150 g/mol. The van der Waals surface area contributed by atoms with Crippen molar-refractivity contribution in [2.24, 2.45) is 0 Å². The van der Waals surface area contributed by atoms with Crippen LogP contribution < -0.4 is 9.80 Å². The second kappa shape index (κ2) is 23.6. The molecule has 6 N–H and O–H groups in total. The highest BCUT2D eigenvalue weighted by atomic mass is 35.5. The number of nitrogens with one attached hydrogen (secondary N) is 4. The molecule has 1 unspecified atom stereocenters. The maximum absolute atomic E-state index is 15.4. The third-order valence-electron chi connectivity index (χ3n) is 16.9. The molecule has 22 heteroatoms. The molecule has 16 nitrogen and oxygen atoms in total. The SMILES string of the molecule is CC(=O)N1CCN(c2cc(C3CC3)cc3[nH]ccc23)CC1(C)C.CS(=O)(=O)N1CCC(F)(c2cc(Cl)cc3[nH]ccc23)CC1.CS(=O)(=O)N1CCC(O)(c2cc(Cl)cc3[nH]ccc23)CC1.OC1CCCN(c2cc(Cl)cc3[nH]ccc23)C1. The average Bonchev–Trinajstić information content (AvgIpc) is 3.81. The van der Waals surface area contributed by atoms with Crippen LogP contribution in [0.1, 0.15) is 94.7 Å². The van der Waals surface area contributed by atoms with E-state index >= 15 is 4.39 Å². The van der Waals surface area contributed by atoms with Gasteiger partial charge >= 0.3 is 0 Å². The number of piperazine rings is 1. The molecule has 5 aliphatic rings. The first-order valence-electron chi connectivity index (χ1n) is 28.0. The van der Waals surface area contributed by atoms with Crippen LogP contribution in [0.3, 0.4) is 0 Å². The van der Waals surface area contributed by atoms with Crippen molar-refractivity contribution in [3.8, 4) is 0 Å². The quantitative estimate of drug-likeness (QED) is 0.0897. The lowest BCUT2D eigenvalue weighted by molar-refractivity contribution is -0.134. The average molecular weight is 1220 g/mol. The number of hydrogen-bond donors (Lipinski definition) is 6. The number of halogens is 4. The molecule has 8 aromatic rings. The third-order valence-corrected chi connectivity index (χ3v) is 20.2. The summed E-state index contributed by atoms with van der Waals surface area (Å²) in [7, 11) is -6.47. The van der Waals surface area contributed by atoms with Gasteiger partial charge in [0.15, 0.2) is 0 Å². The largest absolute Gasteiger partial charge is 0.391 e. The van der Waals surface area contributed by atoms with Gasteiger partial charge in [-0.2, -0.15) is 0 Å². The van der Waals surface area contributed by atoms with Crippen molar-refractivity contribution in [1.29, 1.82) is 0 Å². The van der Waals surface area contributed by atoms with E-state index in [4.69, 9.17) is 34.8 Å². The highest BCUT2D eigenvalue weighted by Gasteiger charge is 2.41. The number of piperidine rings is 3. The summed E-state index contributed by atoms with van der Waals surface area (Å²) in [6.45, 7) is 11.3. The highest BCUT2D eigenvalue weighted by Crippen LogP contribution is 2.45. The van der Waals surface area contributed by atoms with Crippen LogP contribution in [0.25, 0.3) is 43.6 Å². The van der Waals surface area contributed by atoms with Gasteiger partial charge in [-0.25, -0.2) is 29.8 Å². The summed E-state index contributed by atoms with van der Waals surface area (Å²) >= 11 is 18.3. The number of fused-ring (bicyclic) bond motifs is 4. The maximum Gasteiger partial charge on any atom is 0.220 e. The molecule has 4 aliphatic heterocycles. The molecular formula is C60H73Cl3FN9O7S2. The van der Waals surface area contributed by atoms with Crippen molar-refractivity contribution in [2.75, 3.05) is 81.2 Å². The van der Waals surface area contributed by atoms with Crippen molar-refractivity contribution >= 4 is 116 Å². The number of sulfonamides is 2. The van der Waals surface area contributed by atoms with Gasteiger partial charge in [-0.05, 0) is 161 Å². The number of hydrogen-bond acceptors (Lipinski definition) is 9. The minimum Gasteiger partial charge on any atom is -0.391 e. The Labute approximate surface area is 494 Å². The van der Waals surface area contributed by atoms with Crippen molar-refractivity contribution < 1.29 is 36.2 Å². The van der Waals surface area contributed by atoms with Gasteiger partial charge in [-0.1, -0.05) is 34.8 Å². The summed E-state index contributed by atoms with van der Waals surface area (Å²) in [6, 6.07) is 23.6. The number of rotatable bonds is 7. The normalized spacial score (nSPS) is 20.5. The number of aromatic nitrogens is 4. The zero-order chi connectivity index (χ0) is 58.5. The Morgan fingerprint density at radius 3 is 1.56 bits per heavy atom. The number of amides is 1. The van der Waals surface area contributed by atoms with Crippen LogP contribution >= 0.6 is 34.8 Å². The molecule has 1 aliphatic carbocycles. The third kappa shape index (κ3) is 13.1. The molecule has 4 aromatic heterocycles. The van der Waals surface area contributed by atoms with Gasteiger partial charge in [0, 0.05) is 161 Å². The lowest BCUT2D eigenvalue weighted by atomic mass is 9.83. The molecule has 4 saturated heterocycles. The number of nitrogens with zero attached hydrogens (tertiary/aromatic N) is 5. The molecule has 82 heavy (non-hydrogen) atoms. The van der Waals surface area contributed by atoms with E-state index in [0.29, 0.717) is 48.1 Å². The minimum absolute atomic E-state index is 0.137. The molecule has 1 atom stereocenters. The molecule has 1 saturated carbocycles. The number of aliphatic hydroxyl groups excluding tert-OH is 1. The molecule has 0 spiro atoms. The molecule has 8 heterocycles. The van der Waals surface area contributed by atoms with Gasteiger partial charge in [-0.3, -0.25) is 4.79 Å². The number of carbonyl (C=O) groups excluding carboxylic acids is 1. The Morgan fingerprint density at radius 2 is 1.06 bits per heavy atom. The number of alkyl halides is 1.